The van der Waals surface area contributed by atoms with Crippen molar-refractivity contribution in [2.45, 2.75) is 37.8 Å². The summed E-state index contributed by atoms with van der Waals surface area (Å²) in [4.78, 5) is 29.4. The highest BCUT2D eigenvalue weighted by molar-refractivity contribution is 5.97. The number of aromatic nitrogens is 1. The van der Waals surface area contributed by atoms with Crippen LogP contribution < -0.4 is 5.32 Å². The van der Waals surface area contributed by atoms with E-state index in [4.69, 9.17) is 0 Å². The minimum atomic E-state index is -0.643. The van der Waals surface area contributed by atoms with Gasteiger partial charge in [-0.25, -0.2) is 4.39 Å². The molecule has 1 aliphatic heterocycles. The van der Waals surface area contributed by atoms with Crippen LogP contribution in [0.2, 0.25) is 0 Å². The summed E-state index contributed by atoms with van der Waals surface area (Å²) < 4.78 is 13.7. The molecular formula is C14H16FN3O2. The molecule has 1 N–H and O–H groups in total. The number of carbonyl (C=O) groups is 2. The third-order valence-corrected chi connectivity index (χ3v) is 4.05. The fourth-order valence-corrected chi connectivity index (χ4v) is 3.10. The molecule has 3 rings (SSSR count). The normalized spacial score (nSPS) is 25.9. The Hall–Kier alpha value is -1.98. The summed E-state index contributed by atoms with van der Waals surface area (Å²) >= 11 is 0. The Balaban J connectivity index is 1.89. The van der Waals surface area contributed by atoms with Crippen molar-refractivity contribution < 1.29 is 14.0 Å². The second-order valence-electron chi connectivity index (χ2n) is 5.31. The lowest BCUT2D eigenvalue weighted by Gasteiger charge is -2.43. The van der Waals surface area contributed by atoms with Gasteiger partial charge in [-0.15, -0.1) is 0 Å². The Morgan fingerprint density at radius 3 is 3.00 bits per heavy atom. The molecule has 0 spiro atoms. The van der Waals surface area contributed by atoms with Crippen LogP contribution in [0.3, 0.4) is 0 Å². The average molecular weight is 277 g/mol. The summed E-state index contributed by atoms with van der Waals surface area (Å²) in [6.45, 7) is 0.00175. The number of hydrogen-bond acceptors (Lipinski definition) is 3. The zero-order valence-corrected chi connectivity index (χ0v) is 11.0. The fourth-order valence-electron chi connectivity index (χ4n) is 3.10. The third kappa shape index (κ3) is 2.26. The van der Waals surface area contributed by atoms with Crippen molar-refractivity contribution in [3.8, 4) is 0 Å². The highest BCUT2D eigenvalue weighted by atomic mass is 19.1. The Labute approximate surface area is 116 Å². The summed E-state index contributed by atoms with van der Waals surface area (Å²) in [5.74, 6) is -1.23. The Morgan fingerprint density at radius 2 is 2.20 bits per heavy atom. The zero-order valence-electron chi connectivity index (χ0n) is 11.0. The molecule has 20 heavy (non-hydrogen) atoms. The second-order valence-corrected chi connectivity index (χ2v) is 5.31. The van der Waals surface area contributed by atoms with E-state index in [2.05, 4.69) is 10.3 Å². The molecule has 106 valence electrons. The Bertz CT molecular complexity index is 549. The quantitative estimate of drug-likeness (QED) is 0.836. The molecule has 0 radical (unpaired) electrons. The Morgan fingerprint density at radius 1 is 1.40 bits per heavy atom. The first kappa shape index (κ1) is 13.0. The molecule has 2 amide bonds. The molecule has 1 aromatic heterocycles. The van der Waals surface area contributed by atoms with E-state index >= 15 is 0 Å². The molecule has 2 heterocycles. The number of halogens is 1. The van der Waals surface area contributed by atoms with Crippen LogP contribution >= 0.6 is 0 Å². The van der Waals surface area contributed by atoms with Gasteiger partial charge in [0.15, 0.2) is 5.82 Å². The minimum Gasteiger partial charge on any atom is -0.350 e. The van der Waals surface area contributed by atoms with Crippen LogP contribution in [0.4, 0.5) is 4.39 Å². The van der Waals surface area contributed by atoms with Crippen molar-refractivity contribution in [2.75, 3.05) is 6.54 Å². The summed E-state index contributed by atoms with van der Waals surface area (Å²) in [5.41, 5.74) is -0.0148. The number of hydrogen-bond donors (Lipinski definition) is 1. The maximum atomic E-state index is 13.7. The minimum absolute atomic E-state index is 0.00107. The van der Waals surface area contributed by atoms with Gasteiger partial charge in [0.05, 0.1) is 17.8 Å². The summed E-state index contributed by atoms with van der Waals surface area (Å²) in [6, 6.07) is 1.34. The molecule has 2 atom stereocenters. The smallest absolute Gasteiger partial charge is 0.257 e. The molecular weight excluding hydrogens is 261 g/mol. The van der Waals surface area contributed by atoms with Crippen LogP contribution in [0.15, 0.2) is 18.5 Å². The molecule has 1 aliphatic carbocycles. The summed E-state index contributed by atoms with van der Waals surface area (Å²) in [5, 5.41) is 2.93. The molecule has 2 fully saturated rings. The number of pyridine rings is 1. The maximum absolute atomic E-state index is 13.7. The molecule has 5 nitrogen and oxygen atoms in total. The first-order valence-electron chi connectivity index (χ1n) is 6.86. The number of nitrogens with one attached hydrogen (secondary N) is 1. The predicted octanol–water partition coefficient (Wildman–Crippen LogP) is 1.10. The number of carbonyl (C=O) groups excluding carboxylic acids is 2. The Kier molecular flexibility index (Phi) is 3.38. The molecule has 0 unspecified atom stereocenters. The molecule has 1 aromatic rings. The van der Waals surface area contributed by atoms with Gasteiger partial charge in [0.25, 0.3) is 5.91 Å². The molecule has 1 saturated heterocycles. The first-order valence-corrected chi connectivity index (χ1v) is 6.86. The van der Waals surface area contributed by atoms with Gasteiger partial charge >= 0.3 is 0 Å². The number of piperazine rings is 1. The van der Waals surface area contributed by atoms with Crippen molar-refractivity contribution in [2.24, 2.45) is 0 Å². The number of amides is 2. The van der Waals surface area contributed by atoms with Crippen LogP contribution in [-0.2, 0) is 4.79 Å². The van der Waals surface area contributed by atoms with Crippen LogP contribution in [0.1, 0.15) is 36.0 Å². The number of nitrogens with zero attached hydrogens (tertiary/aromatic N) is 2. The van der Waals surface area contributed by atoms with Gasteiger partial charge in [0, 0.05) is 12.2 Å². The lowest BCUT2D eigenvalue weighted by atomic mass is 9.87. The van der Waals surface area contributed by atoms with Crippen LogP contribution in [0.25, 0.3) is 0 Å². The van der Waals surface area contributed by atoms with Gasteiger partial charge < -0.3 is 10.2 Å². The van der Waals surface area contributed by atoms with Crippen LogP contribution in [-0.4, -0.2) is 40.3 Å². The van der Waals surface area contributed by atoms with Crippen molar-refractivity contribution in [3.63, 3.8) is 0 Å². The molecule has 2 aliphatic rings. The SMILES string of the molecule is O=C1CN(C(=O)c2ccncc2F)[C@@H]2CCCC[C@@H]2N1. The lowest BCUT2D eigenvalue weighted by molar-refractivity contribution is -0.127. The molecule has 0 bridgehead atoms. The lowest BCUT2D eigenvalue weighted by Crippen LogP contribution is -2.63. The van der Waals surface area contributed by atoms with E-state index < -0.39 is 11.7 Å². The van der Waals surface area contributed by atoms with E-state index in [0.29, 0.717) is 0 Å². The highest BCUT2D eigenvalue weighted by Crippen LogP contribution is 2.27. The standard InChI is InChI=1S/C14H16FN3O2/c15-10-7-16-6-5-9(10)14(20)18-8-13(19)17-11-3-1-2-4-12(11)18/h5-7,11-12H,1-4,8H2,(H,17,19)/t11-,12+/m0/s1. The molecule has 6 heteroatoms. The zero-order chi connectivity index (χ0) is 14.1. The largest absolute Gasteiger partial charge is 0.350 e. The monoisotopic (exact) mass is 277 g/mol. The topological polar surface area (TPSA) is 62.3 Å². The van der Waals surface area contributed by atoms with Crippen molar-refractivity contribution >= 4 is 11.8 Å². The highest BCUT2D eigenvalue weighted by Gasteiger charge is 2.39. The first-order chi connectivity index (χ1) is 9.66. The van der Waals surface area contributed by atoms with Gasteiger partial charge in [-0.05, 0) is 18.9 Å². The van der Waals surface area contributed by atoms with Crippen molar-refractivity contribution in [1.29, 1.82) is 0 Å². The van der Waals surface area contributed by atoms with E-state index in [-0.39, 0.29) is 30.1 Å². The maximum Gasteiger partial charge on any atom is 0.257 e. The fraction of sp³-hybridized carbons (Fsp3) is 0.500. The van der Waals surface area contributed by atoms with E-state index in [1.807, 2.05) is 0 Å². The third-order valence-electron chi connectivity index (χ3n) is 4.05. The second kappa shape index (κ2) is 5.19. The van der Waals surface area contributed by atoms with Crippen LogP contribution in [0.5, 0.6) is 0 Å². The van der Waals surface area contributed by atoms with Crippen molar-refractivity contribution in [1.82, 2.24) is 15.2 Å². The van der Waals surface area contributed by atoms with Gasteiger partial charge in [-0.2, -0.15) is 0 Å². The average Bonchev–Trinajstić information content (AvgIpc) is 2.46. The van der Waals surface area contributed by atoms with Gasteiger partial charge in [-0.1, -0.05) is 12.8 Å². The van der Waals surface area contributed by atoms with Crippen molar-refractivity contribution in [3.05, 3.63) is 29.8 Å². The predicted molar refractivity (Wildman–Crippen MR) is 69.4 cm³/mol. The van der Waals surface area contributed by atoms with E-state index in [9.17, 15) is 14.0 Å². The van der Waals surface area contributed by atoms with E-state index in [1.165, 1.54) is 17.2 Å². The van der Waals surface area contributed by atoms with Crippen LogP contribution in [0, 0.1) is 5.82 Å². The van der Waals surface area contributed by atoms with Gasteiger partial charge in [0.2, 0.25) is 5.91 Å². The van der Waals surface area contributed by atoms with E-state index in [0.717, 1.165) is 31.9 Å². The molecule has 0 aromatic carbocycles. The van der Waals surface area contributed by atoms with Gasteiger partial charge in [-0.3, -0.25) is 14.6 Å². The molecule has 1 saturated carbocycles. The number of fused-ring (bicyclic) bond motifs is 1. The van der Waals surface area contributed by atoms with Gasteiger partial charge in [0.1, 0.15) is 6.54 Å². The van der Waals surface area contributed by atoms with E-state index in [1.54, 1.807) is 0 Å². The summed E-state index contributed by atoms with van der Waals surface area (Å²) in [7, 11) is 0. The number of rotatable bonds is 1. The summed E-state index contributed by atoms with van der Waals surface area (Å²) in [6.07, 6.45) is 6.21.